The van der Waals surface area contributed by atoms with Crippen LogP contribution in [0.2, 0.25) is 10.0 Å². The van der Waals surface area contributed by atoms with Gasteiger partial charge in [-0.2, -0.15) is 10.2 Å². The lowest BCUT2D eigenvalue weighted by Gasteiger charge is -2.08. The van der Waals surface area contributed by atoms with Gasteiger partial charge in [-0.15, -0.1) is 0 Å². The van der Waals surface area contributed by atoms with Gasteiger partial charge in [0.2, 0.25) is 0 Å². The highest BCUT2D eigenvalue weighted by Crippen LogP contribution is 2.28. The van der Waals surface area contributed by atoms with E-state index in [4.69, 9.17) is 27.9 Å². The molecule has 0 atom stereocenters. The van der Waals surface area contributed by atoms with Crippen LogP contribution in [0.25, 0.3) is 0 Å². The van der Waals surface area contributed by atoms with E-state index in [0.717, 1.165) is 5.56 Å². The third kappa shape index (κ3) is 5.68. The minimum Gasteiger partial charge on any atom is -0.470 e. The Kier molecular flexibility index (Phi) is 6.57. The second-order valence-corrected chi connectivity index (χ2v) is 7.74. The van der Waals surface area contributed by atoms with Gasteiger partial charge in [-0.3, -0.25) is 19.6 Å². The number of aromatic nitrogens is 4. The second kappa shape index (κ2) is 9.72. The maximum atomic E-state index is 12.6. The van der Waals surface area contributed by atoms with E-state index in [1.54, 1.807) is 35.4 Å². The zero-order chi connectivity index (χ0) is 23.4. The largest absolute Gasteiger partial charge is 0.470 e. The Balaban J connectivity index is 1.36. The summed E-state index contributed by atoms with van der Waals surface area (Å²) in [5.74, 6) is -0.125. The molecule has 10 nitrogen and oxygen atoms in total. The molecule has 0 spiro atoms. The van der Waals surface area contributed by atoms with Crippen molar-refractivity contribution >= 4 is 40.5 Å². The van der Waals surface area contributed by atoms with Gasteiger partial charge in [0.05, 0.1) is 27.7 Å². The van der Waals surface area contributed by atoms with Gasteiger partial charge in [-0.05, 0) is 29.8 Å². The lowest BCUT2D eigenvalue weighted by molar-refractivity contribution is -0.384. The molecule has 168 valence electrons. The van der Waals surface area contributed by atoms with Gasteiger partial charge in [0.1, 0.15) is 5.75 Å². The molecule has 0 bridgehead atoms. The Morgan fingerprint density at radius 1 is 1.15 bits per heavy atom. The summed E-state index contributed by atoms with van der Waals surface area (Å²) in [5, 5.41) is 22.6. The van der Waals surface area contributed by atoms with Crippen molar-refractivity contribution in [3.63, 3.8) is 0 Å². The molecule has 4 rings (SSSR count). The highest BCUT2D eigenvalue weighted by atomic mass is 35.5. The lowest BCUT2D eigenvalue weighted by atomic mass is 10.2. The zero-order valence-corrected chi connectivity index (χ0v) is 18.4. The average molecular weight is 487 g/mol. The first kappa shape index (κ1) is 22.3. The number of nitro groups is 1. The van der Waals surface area contributed by atoms with Gasteiger partial charge in [0, 0.05) is 30.2 Å². The number of nitrogens with zero attached hydrogens (tertiary/aromatic N) is 5. The molecule has 0 unspecified atom stereocenters. The SMILES string of the molecule is O=C(Nc1cccc(Cn2cc(Cl)cn2)c1)c1ccn(COc2ccc([N+](=O)[O-])cc2Cl)n1. The molecule has 0 saturated carbocycles. The number of nitro benzene ring substituents is 1. The molecule has 0 radical (unpaired) electrons. The second-order valence-electron chi connectivity index (χ2n) is 6.90. The minimum atomic E-state index is -0.545. The van der Waals surface area contributed by atoms with Crippen LogP contribution >= 0.6 is 23.2 Å². The molecule has 0 fully saturated rings. The number of hydrogen-bond acceptors (Lipinski definition) is 6. The summed E-state index contributed by atoms with van der Waals surface area (Å²) in [5.41, 5.74) is 1.60. The number of carbonyl (C=O) groups is 1. The van der Waals surface area contributed by atoms with Crippen molar-refractivity contribution in [1.29, 1.82) is 0 Å². The van der Waals surface area contributed by atoms with Crippen LogP contribution in [0.15, 0.2) is 67.1 Å². The monoisotopic (exact) mass is 486 g/mol. The van der Waals surface area contributed by atoms with Crippen molar-refractivity contribution in [2.24, 2.45) is 0 Å². The molecule has 4 aromatic rings. The average Bonchev–Trinajstić information content (AvgIpc) is 3.42. The molecule has 2 aromatic heterocycles. The lowest BCUT2D eigenvalue weighted by Crippen LogP contribution is -2.14. The smallest absolute Gasteiger partial charge is 0.276 e. The van der Waals surface area contributed by atoms with Gasteiger partial charge >= 0.3 is 0 Å². The molecule has 0 aliphatic rings. The number of halogens is 2. The summed E-state index contributed by atoms with van der Waals surface area (Å²) in [4.78, 5) is 22.8. The van der Waals surface area contributed by atoms with Crippen LogP contribution in [0, 0.1) is 10.1 Å². The van der Waals surface area contributed by atoms with Crippen molar-refractivity contribution < 1.29 is 14.5 Å². The standard InChI is InChI=1S/C21H16Cl2N6O4/c22-15-10-24-28(12-15)11-14-2-1-3-16(8-14)25-21(30)19-6-7-27(26-19)13-33-20-5-4-17(29(31)32)9-18(20)23/h1-10,12H,11,13H2,(H,25,30). The van der Waals surface area contributed by atoms with E-state index in [-0.39, 0.29) is 34.8 Å². The molecule has 0 saturated heterocycles. The van der Waals surface area contributed by atoms with Crippen molar-refractivity contribution in [1.82, 2.24) is 19.6 Å². The number of ether oxygens (including phenoxy) is 1. The number of carbonyl (C=O) groups excluding carboxylic acids is 1. The Bertz CT molecular complexity index is 1320. The fourth-order valence-electron chi connectivity index (χ4n) is 2.97. The van der Waals surface area contributed by atoms with Gasteiger partial charge in [0.25, 0.3) is 11.6 Å². The van der Waals surface area contributed by atoms with Crippen LogP contribution in [-0.4, -0.2) is 30.4 Å². The van der Waals surface area contributed by atoms with Crippen LogP contribution in [0.4, 0.5) is 11.4 Å². The summed E-state index contributed by atoms with van der Waals surface area (Å²) in [6.45, 7) is 0.473. The third-order valence-electron chi connectivity index (χ3n) is 4.48. The molecule has 1 amide bonds. The molecular weight excluding hydrogens is 471 g/mol. The third-order valence-corrected chi connectivity index (χ3v) is 4.97. The van der Waals surface area contributed by atoms with Gasteiger partial charge in [-0.25, -0.2) is 4.68 Å². The quantitative estimate of drug-likeness (QED) is 0.286. The van der Waals surface area contributed by atoms with Crippen molar-refractivity contribution in [2.75, 3.05) is 5.32 Å². The maximum absolute atomic E-state index is 12.6. The van der Waals surface area contributed by atoms with Crippen molar-refractivity contribution in [3.05, 3.63) is 98.5 Å². The number of benzene rings is 2. The Morgan fingerprint density at radius 3 is 2.73 bits per heavy atom. The Hall–Kier alpha value is -3.89. The highest BCUT2D eigenvalue weighted by Gasteiger charge is 2.13. The van der Waals surface area contributed by atoms with Gasteiger partial charge < -0.3 is 10.1 Å². The molecular formula is C21H16Cl2N6O4. The number of amides is 1. The molecule has 2 aromatic carbocycles. The first-order chi connectivity index (χ1) is 15.9. The van der Waals surface area contributed by atoms with E-state index in [1.165, 1.54) is 22.9 Å². The van der Waals surface area contributed by atoms with E-state index in [2.05, 4.69) is 15.5 Å². The Labute approximate surface area is 197 Å². The van der Waals surface area contributed by atoms with Crippen molar-refractivity contribution in [3.8, 4) is 5.75 Å². The molecule has 2 heterocycles. The fourth-order valence-corrected chi connectivity index (χ4v) is 3.35. The summed E-state index contributed by atoms with van der Waals surface area (Å²) in [7, 11) is 0. The van der Waals surface area contributed by atoms with E-state index in [0.29, 0.717) is 17.3 Å². The first-order valence-corrected chi connectivity index (χ1v) is 10.3. The van der Waals surface area contributed by atoms with Crippen LogP contribution < -0.4 is 10.1 Å². The molecule has 0 aliphatic carbocycles. The predicted octanol–water partition coefficient (Wildman–Crippen LogP) is 4.63. The predicted molar refractivity (Wildman–Crippen MR) is 122 cm³/mol. The van der Waals surface area contributed by atoms with Crippen LogP contribution in [0.5, 0.6) is 5.75 Å². The van der Waals surface area contributed by atoms with Crippen LogP contribution in [-0.2, 0) is 13.3 Å². The summed E-state index contributed by atoms with van der Waals surface area (Å²) >= 11 is 11.9. The molecule has 33 heavy (non-hydrogen) atoms. The minimum absolute atomic E-state index is 0.0350. The highest BCUT2D eigenvalue weighted by molar-refractivity contribution is 6.32. The normalized spacial score (nSPS) is 10.7. The van der Waals surface area contributed by atoms with Crippen LogP contribution in [0.3, 0.4) is 0 Å². The topological polar surface area (TPSA) is 117 Å². The number of nitrogens with one attached hydrogen (secondary N) is 1. The summed E-state index contributed by atoms with van der Waals surface area (Å²) in [6, 6.07) is 12.8. The van der Waals surface area contributed by atoms with Gasteiger partial charge in [-0.1, -0.05) is 35.3 Å². The maximum Gasteiger partial charge on any atom is 0.276 e. The number of hydrogen-bond donors (Lipinski definition) is 1. The van der Waals surface area contributed by atoms with E-state index < -0.39 is 4.92 Å². The number of anilines is 1. The van der Waals surface area contributed by atoms with Gasteiger partial charge in [0.15, 0.2) is 12.4 Å². The van der Waals surface area contributed by atoms with E-state index in [1.807, 2.05) is 18.2 Å². The summed E-state index contributed by atoms with van der Waals surface area (Å²) < 4.78 is 8.64. The Morgan fingerprint density at radius 2 is 2.00 bits per heavy atom. The molecule has 12 heteroatoms. The number of rotatable bonds is 8. The van der Waals surface area contributed by atoms with Crippen molar-refractivity contribution in [2.45, 2.75) is 13.3 Å². The number of non-ortho nitro benzene ring substituents is 1. The first-order valence-electron chi connectivity index (χ1n) is 9.56. The molecule has 1 N–H and O–H groups in total. The van der Waals surface area contributed by atoms with E-state index >= 15 is 0 Å². The fraction of sp³-hybridized carbons (Fsp3) is 0.0952. The van der Waals surface area contributed by atoms with Crippen LogP contribution in [0.1, 0.15) is 16.1 Å². The zero-order valence-electron chi connectivity index (χ0n) is 16.9. The molecule has 0 aliphatic heterocycles. The summed E-state index contributed by atoms with van der Waals surface area (Å²) in [6.07, 6.45) is 4.85. The van der Waals surface area contributed by atoms with E-state index in [9.17, 15) is 14.9 Å².